The second-order valence-corrected chi connectivity index (χ2v) is 10.3. The number of hydrogen-bond acceptors (Lipinski definition) is 7. The number of ketones is 1. The van der Waals surface area contributed by atoms with Crippen molar-refractivity contribution in [3.8, 4) is 11.5 Å². The summed E-state index contributed by atoms with van der Waals surface area (Å²) < 4.78 is 5.70. The lowest BCUT2D eigenvalue weighted by Crippen LogP contribution is -2.52. The Bertz CT molecular complexity index is 1550. The number of hydrazine groups is 1. The van der Waals surface area contributed by atoms with Gasteiger partial charge >= 0.3 is 0 Å². The first-order chi connectivity index (χ1) is 19.6. The number of amides is 3. The molecule has 1 heterocycles. The van der Waals surface area contributed by atoms with Crippen molar-refractivity contribution in [1.29, 1.82) is 0 Å². The van der Waals surface area contributed by atoms with Crippen LogP contribution in [0.25, 0.3) is 0 Å². The number of carbonyl (C=O) groups excluding carboxylic acids is 4. The summed E-state index contributed by atoms with van der Waals surface area (Å²) in [6.07, 6.45) is 4.12. The van der Waals surface area contributed by atoms with Crippen LogP contribution in [0.4, 0.5) is 5.69 Å². The predicted molar refractivity (Wildman–Crippen MR) is 148 cm³/mol. The van der Waals surface area contributed by atoms with Gasteiger partial charge in [-0.3, -0.25) is 29.3 Å². The Balaban J connectivity index is 1.38. The van der Waals surface area contributed by atoms with E-state index in [0.717, 1.165) is 10.0 Å². The third-order valence-corrected chi connectivity index (χ3v) is 7.42. The van der Waals surface area contributed by atoms with Crippen LogP contribution in [-0.2, 0) is 9.59 Å². The van der Waals surface area contributed by atoms with Crippen LogP contribution >= 0.6 is 11.6 Å². The van der Waals surface area contributed by atoms with Gasteiger partial charge < -0.3 is 4.74 Å². The number of fused-ring (bicyclic) bond motifs is 1. The number of non-ortho nitro benzene ring substituents is 1. The number of benzene rings is 3. The minimum Gasteiger partial charge on any atom is -0.457 e. The Morgan fingerprint density at radius 1 is 0.951 bits per heavy atom. The molecule has 1 aliphatic heterocycles. The molecular weight excluding hydrogens is 550 g/mol. The molecule has 1 aliphatic carbocycles. The summed E-state index contributed by atoms with van der Waals surface area (Å²) in [5, 5.41) is 13.0. The summed E-state index contributed by atoms with van der Waals surface area (Å²) in [5.41, 5.74) is 0.313. The van der Waals surface area contributed by atoms with Crippen LogP contribution < -0.4 is 4.74 Å². The van der Waals surface area contributed by atoms with Crippen LogP contribution in [0.15, 0.2) is 84.9 Å². The fourth-order valence-electron chi connectivity index (χ4n) is 5.05. The van der Waals surface area contributed by atoms with E-state index in [0.29, 0.717) is 22.9 Å². The molecule has 10 nitrogen and oxygen atoms in total. The van der Waals surface area contributed by atoms with E-state index in [9.17, 15) is 29.3 Å². The van der Waals surface area contributed by atoms with Crippen molar-refractivity contribution < 1.29 is 28.8 Å². The Kier molecular flexibility index (Phi) is 7.67. The Hall–Kier alpha value is -4.83. The van der Waals surface area contributed by atoms with Gasteiger partial charge in [-0.05, 0) is 73.0 Å². The molecule has 5 rings (SSSR count). The molecule has 2 aliphatic rings. The number of hydrogen-bond donors (Lipinski definition) is 0. The molecule has 0 saturated carbocycles. The van der Waals surface area contributed by atoms with Crippen molar-refractivity contribution in [2.75, 3.05) is 6.54 Å². The molecule has 3 aromatic carbocycles. The molecule has 0 N–H and O–H groups in total. The molecular formula is C30H24ClN3O7. The van der Waals surface area contributed by atoms with E-state index in [1.165, 1.54) is 72.8 Å². The molecule has 11 heteroatoms. The van der Waals surface area contributed by atoms with E-state index in [1.54, 1.807) is 0 Å². The number of ether oxygens (including phenoxy) is 1. The maximum absolute atomic E-state index is 13.6. The summed E-state index contributed by atoms with van der Waals surface area (Å²) in [6, 6.07) is 17.5. The molecule has 1 saturated heterocycles. The zero-order chi connectivity index (χ0) is 29.3. The van der Waals surface area contributed by atoms with Gasteiger partial charge in [-0.2, -0.15) is 5.01 Å². The Morgan fingerprint density at radius 2 is 1.54 bits per heavy atom. The number of carbonyl (C=O) groups is 4. The average Bonchev–Trinajstić information content (AvgIpc) is 3.22. The van der Waals surface area contributed by atoms with Gasteiger partial charge in [0.25, 0.3) is 23.4 Å². The summed E-state index contributed by atoms with van der Waals surface area (Å²) in [6.45, 7) is 1.29. The summed E-state index contributed by atoms with van der Waals surface area (Å²) in [7, 11) is 0. The van der Waals surface area contributed by atoms with E-state index in [1.807, 2.05) is 19.1 Å². The Morgan fingerprint density at radius 3 is 2.12 bits per heavy atom. The van der Waals surface area contributed by atoms with Gasteiger partial charge in [0.2, 0.25) is 0 Å². The lowest BCUT2D eigenvalue weighted by Gasteiger charge is -2.30. The number of halogens is 1. The molecule has 3 atom stereocenters. The van der Waals surface area contributed by atoms with Crippen molar-refractivity contribution in [2.24, 2.45) is 17.8 Å². The van der Waals surface area contributed by atoms with Crippen molar-refractivity contribution in [1.82, 2.24) is 10.0 Å². The van der Waals surface area contributed by atoms with Gasteiger partial charge in [0, 0.05) is 28.3 Å². The third-order valence-electron chi connectivity index (χ3n) is 7.17. The molecule has 0 unspecified atom stereocenters. The zero-order valence-corrected chi connectivity index (χ0v) is 22.6. The maximum Gasteiger partial charge on any atom is 0.273 e. The highest BCUT2D eigenvalue weighted by atomic mass is 35.5. The van der Waals surface area contributed by atoms with Gasteiger partial charge in [-0.15, -0.1) is 0 Å². The molecule has 41 heavy (non-hydrogen) atoms. The quantitative estimate of drug-likeness (QED) is 0.115. The fourth-order valence-corrected chi connectivity index (χ4v) is 5.18. The van der Waals surface area contributed by atoms with Gasteiger partial charge in [0.05, 0.1) is 16.8 Å². The maximum atomic E-state index is 13.6. The van der Waals surface area contributed by atoms with E-state index >= 15 is 0 Å². The van der Waals surface area contributed by atoms with Gasteiger partial charge in [-0.25, -0.2) is 5.01 Å². The number of imide groups is 1. The van der Waals surface area contributed by atoms with E-state index in [-0.39, 0.29) is 22.7 Å². The first-order valence-electron chi connectivity index (χ1n) is 12.8. The monoisotopic (exact) mass is 573 g/mol. The molecule has 1 fully saturated rings. The number of rotatable bonds is 8. The topological polar surface area (TPSA) is 127 Å². The summed E-state index contributed by atoms with van der Waals surface area (Å²) in [5.74, 6) is -2.89. The molecule has 0 radical (unpaired) electrons. The second-order valence-electron chi connectivity index (χ2n) is 9.81. The van der Waals surface area contributed by atoms with Gasteiger partial charge in [-0.1, -0.05) is 30.7 Å². The summed E-state index contributed by atoms with van der Waals surface area (Å²) >= 11 is 5.97. The van der Waals surface area contributed by atoms with Crippen molar-refractivity contribution in [2.45, 2.75) is 13.3 Å². The van der Waals surface area contributed by atoms with Crippen LogP contribution in [0.3, 0.4) is 0 Å². The van der Waals surface area contributed by atoms with Gasteiger partial charge in [0.15, 0.2) is 5.78 Å². The van der Waals surface area contributed by atoms with Crippen LogP contribution in [-0.4, -0.2) is 45.0 Å². The lowest BCUT2D eigenvalue weighted by atomic mass is 9.78. The normalized spacial score (nSPS) is 19.6. The highest BCUT2D eigenvalue weighted by molar-refractivity contribution is 6.30. The fraction of sp³-hybridized carbons (Fsp3) is 0.200. The third kappa shape index (κ3) is 5.59. The van der Waals surface area contributed by atoms with Crippen molar-refractivity contribution in [3.05, 3.63) is 111 Å². The number of nitro groups is 1. The number of nitrogens with zero attached hydrogens (tertiary/aromatic N) is 3. The van der Waals surface area contributed by atoms with Gasteiger partial charge in [0.1, 0.15) is 18.0 Å². The summed E-state index contributed by atoms with van der Waals surface area (Å²) in [4.78, 5) is 64.2. The number of Topliss-reactive ketones (excluding diaryl/α,β-unsaturated/α-hetero) is 1. The van der Waals surface area contributed by atoms with Crippen LogP contribution in [0.2, 0.25) is 5.02 Å². The van der Waals surface area contributed by atoms with Crippen LogP contribution in [0.5, 0.6) is 11.5 Å². The highest BCUT2D eigenvalue weighted by Gasteiger charge is 2.53. The largest absolute Gasteiger partial charge is 0.457 e. The number of nitro benzene ring substituents is 1. The first kappa shape index (κ1) is 27.7. The zero-order valence-electron chi connectivity index (χ0n) is 21.8. The molecule has 0 aromatic heterocycles. The van der Waals surface area contributed by atoms with Crippen LogP contribution in [0.1, 0.15) is 34.1 Å². The Labute approximate surface area is 239 Å². The van der Waals surface area contributed by atoms with Crippen molar-refractivity contribution in [3.63, 3.8) is 0 Å². The molecule has 0 spiro atoms. The lowest BCUT2D eigenvalue weighted by molar-refractivity contribution is -0.384. The molecule has 3 aromatic rings. The standard InChI is InChI=1S/C30H24ClN3O7/c1-18-3-2-4-25-27(18)30(38)33(29(25)37)32(28(36)20-5-9-21(31)10-6-20)17-26(35)19-7-13-23(14-8-19)41-24-15-11-22(12-16-24)34(39)40/h2-3,5-16,18,25,27H,4,17H2,1H3/t18-,25-,27+/m1/s1. The van der Waals surface area contributed by atoms with E-state index in [4.69, 9.17) is 16.3 Å². The SMILES string of the molecule is C[C@@H]1C=CC[C@H]2C(=O)N(N(CC(=O)c3ccc(Oc4ccc([N+](=O)[O-])cc4)cc3)C(=O)c3ccc(Cl)cc3)C(=O)[C@@H]12. The van der Waals surface area contributed by atoms with Crippen LogP contribution in [0, 0.1) is 27.9 Å². The molecule has 0 bridgehead atoms. The average molecular weight is 574 g/mol. The van der Waals surface area contributed by atoms with Crippen molar-refractivity contribution >= 4 is 40.8 Å². The smallest absolute Gasteiger partial charge is 0.273 e. The minimum atomic E-state index is -0.686. The highest BCUT2D eigenvalue weighted by Crippen LogP contribution is 2.39. The first-order valence-corrected chi connectivity index (χ1v) is 13.2. The molecule has 3 amide bonds. The van der Waals surface area contributed by atoms with E-state index < -0.39 is 46.8 Å². The second kappa shape index (κ2) is 11.3. The molecule has 208 valence electrons. The predicted octanol–water partition coefficient (Wildman–Crippen LogP) is 5.48. The minimum absolute atomic E-state index is 0.0732. The number of allylic oxidation sites excluding steroid dienone is 2. The van der Waals surface area contributed by atoms with E-state index in [2.05, 4.69) is 0 Å².